The molecular formula is C11H13NO2. The number of benzene rings is 1. The van der Waals surface area contributed by atoms with E-state index in [1.165, 1.54) is 5.56 Å². The van der Waals surface area contributed by atoms with Crippen molar-refractivity contribution in [3.05, 3.63) is 29.3 Å². The SMILES string of the molecule is CC1CN(C)c2cc(C(=O)O)ccc21. The van der Waals surface area contributed by atoms with Crippen LogP contribution in [0.15, 0.2) is 18.2 Å². The van der Waals surface area contributed by atoms with Crippen molar-refractivity contribution < 1.29 is 9.90 Å². The second kappa shape index (κ2) is 3.01. The van der Waals surface area contributed by atoms with E-state index in [0.29, 0.717) is 11.5 Å². The van der Waals surface area contributed by atoms with Crippen molar-refractivity contribution in [1.82, 2.24) is 0 Å². The molecule has 2 rings (SSSR count). The highest BCUT2D eigenvalue weighted by atomic mass is 16.4. The minimum absolute atomic E-state index is 0.365. The zero-order chi connectivity index (χ0) is 10.3. The predicted octanol–water partition coefficient (Wildman–Crippen LogP) is 1.94. The Hall–Kier alpha value is -1.51. The zero-order valence-corrected chi connectivity index (χ0v) is 8.32. The van der Waals surface area contributed by atoms with Crippen molar-refractivity contribution in [1.29, 1.82) is 0 Å². The first-order valence-corrected chi connectivity index (χ1v) is 4.68. The third kappa shape index (κ3) is 1.25. The highest BCUT2D eigenvalue weighted by Gasteiger charge is 2.23. The fraction of sp³-hybridized carbons (Fsp3) is 0.364. The Morgan fingerprint density at radius 1 is 1.57 bits per heavy atom. The molecule has 0 aromatic heterocycles. The molecule has 14 heavy (non-hydrogen) atoms. The van der Waals surface area contributed by atoms with Crippen molar-refractivity contribution in [3.63, 3.8) is 0 Å². The molecule has 0 bridgehead atoms. The van der Waals surface area contributed by atoms with E-state index < -0.39 is 5.97 Å². The van der Waals surface area contributed by atoms with Gasteiger partial charge in [-0.1, -0.05) is 13.0 Å². The first kappa shape index (κ1) is 9.06. The first-order chi connectivity index (χ1) is 6.59. The second-order valence-electron chi connectivity index (χ2n) is 3.86. The normalized spacial score (nSPS) is 19.6. The summed E-state index contributed by atoms with van der Waals surface area (Å²) in [4.78, 5) is 12.9. The van der Waals surface area contributed by atoms with E-state index in [1.807, 2.05) is 13.1 Å². The van der Waals surface area contributed by atoms with E-state index in [-0.39, 0.29) is 0 Å². The number of carboxylic acids is 1. The Balaban J connectivity index is 2.50. The highest BCUT2D eigenvalue weighted by Crippen LogP contribution is 2.35. The molecule has 0 amide bonds. The minimum atomic E-state index is -0.860. The largest absolute Gasteiger partial charge is 0.478 e. The van der Waals surface area contributed by atoms with Crippen LogP contribution in [0.5, 0.6) is 0 Å². The number of hydrogen-bond donors (Lipinski definition) is 1. The van der Waals surface area contributed by atoms with Gasteiger partial charge in [-0.3, -0.25) is 0 Å². The molecule has 1 unspecified atom stereocenters. The topological polar surface area (TPSA) is 40.5 Å². The quantitative estimate of drug-likeness (QED) is 0.737. The van der Waals surface area contributed by atoms with Gasteiger partial charge in [0, 0.05) is 25.2 Å². The molecule has 1 aliphatic rings. The standard InChI is InChI=1S/C11H13NO2/c1-7-6-12(2)10-5-8(11(13)14)3-4-9(7)10/h3-5,7H,6H2,1-2H3,(H,13,14). The van der Waals surface area contributed by atoms with Crippen LogP contribution >= 0.6 is 0 Å². The lowest BCUT2D eigenvalue weighted by Crippen LogP contribution is -2.14. The van der Waals surface area contributed by atoms with Gasteiger partial charge < -0.3 is 10.0 Å². The molecule has 1 atom stereocenters. The monoisotopic (exact) mass is 191 g/mol. The van der Waals surface area contributed by atoms with Gasteiger partial charge >= 0.3 is 5.97 Å². The molecule has 0 saturated carbocycles. The molecule has 3 heteroatoms. The summed E-state index contributed by atoms with van der Waals surface area (Å²) in [5.74, 6) is -0.362. The lowest BCUT2D eigenvalue weighted by atomic mass is 10.0. The summed E-state index contributed by atoms with van der Waals surface area (Å²) in [5.41, 5.74) is 2.67. The van der Waals surface area contributed by atoms with Crippen molar-refractivity contribution >= 4 is 11.7 Å². The highest BCUT2D eigenvalue weighted by molar-refractivity contribution is 5.89. The third-order valence-corrected chi connectivity index (χ3v) is 2.77. The van der Waals surface area contributed by atoms with Crippen LogP contribution < -0.4 is 4.90 Å². The number of rotatable bonds is 1. The smallest absolute Gasteiger partial charge is 0.335 e. The average molecular weight is 191 g/mol. The molecule has 1 heterocycles. The lowest BCUT2D eigenvalue weighted by molar-refractivity contribution is 0.0697. The van der Waals surface area contributed by atoms with Gasteiger partial charge in [0.2, 0.25) is 0 Å². The van der Waals surface area contributed by atoms with Crippen LogP contribution in [0.1, 0.15) is 28.8 Å². The van der Waals surface area contributed by atoms with Gasteiger partial charge in [-0.25, -0.2) is 4.79 Å². The van der Waals surface area contributed by atoms with Gasteiger partial charge in [0.15, 0.2) is 0 Å². The molecule has 0 saturated heterocycles. The Kier molecular flexibility index (Phi) is 1.95. The average Bonchev–Trinajstić information content (AvgIpc) is 2.42. The molecule has 0 aliphatic carbocycles. The maximum Gasteiger partial charge on any atom is 0.335 e. The molecule has 1 aromatic carbocycles. The van der Waals surface area contributed by atoms with E-state index in [0.717, 1.165) is 12.2 Å². The van der Waals surface area contributed by atoms with Gasteiger partial charge in [-0.05, 0) is 17.7 Å². The Bertz CT molecular complexity index is 387. The number of hydrogen-bond acceptors (Lipinski definition) is 2. The number of fused-ring (bicyclic) bond motifs is 1. The fourth-order valence-corrected chi connectivity index (χ4v) is 2.03. The van der Waals surface area contributed by atoms with E-state index in [2.05, 4.69) is 11.8 Å². The van der Waals surface area contributed by atoms with Gasteiger partial charge in [-0.2, -0.15) is 0 Å². The van der Waals surface area contributed by atoms with Crippen LogP contribution in [0.2, 0.25) is 0 Å². The summed E-state index contributed by atoms with van der Waals surface area (Å²) in [5, 5.41) is 8.85. The van der Waals surface area contributed by atoms with Crippen molar-refractivity contribution in [2.45, 2.75) is 12.8 Å². The summed E-state index contributed by atoms with van der Waals surface area (Å²) >= 11 is 0. The Morgan fingerprint density at radius 3 is 2.93 bits per heavy atom. The van der Waals surface area contributed by atoms with Gasteiger partial charge in [0.05, 0.1) is 5.56 Å². The maximum absolute atomic E-state index is 10.8. The predicted molar refractivity (Wildman–Crippen MR) is 55.1 cm³/mol. The number of carbonyl (C=O) groups is 1. The summed E-state index contributed by atoms with van der Waals surface area (Å²) in [6.07, 6.45) is 0. The molecule has 1 aliphatic heterocycles. The van der Waals surface area contributed by atoms with Crippen LogP contribution in [0.4, 0.5) is 5.69 Å². The van der Waals surface area contributed by atoms with Crippen LogP contribution in [0, 0.1) is 0 Å². The van der Waals surface area contributed by atoms with Gasteiger partial charge in [0.25, 0.3) is 0 Å². The minimum Gasteiger partial charge on any atom is -0.478 e. The molecule has 0 spiro atoms. The van der Waals surface area contributed by atoms with Gasteiger partial charge in [0.1, 0.15) is 0 Å². The number of aromatic carboxylic acids is 1. The van der Waals surface area contributed by atoms with E-state index in [9.17, 15) is 4.79 Å². The van der Waals surface area contributed by atoms with Crippen LogP contribution in [-0.4, -0.2) is 24.7 Å². The number of carboxylic acid groups (broad SMARTS) is 1. The zero-order valence-electron chi connectivity index (χ0n) is 8.32. The maximum atomic E-state index is 10.8. The van der Waals surface area contributed by atoms with Crippen LogP contribution in [-0.2, 0) is 0 Å². The molecular weight excluding hydrogens is 178 g/mol. The molecule has 1 aromatic rings. The molecule has 74 valence electrons. The second-order valence-corrected chi connectivity index (χ2v) is 3.86. The van der Waals surface area contributed by atoms with Crippen LogP contribution in [0.25, 0.3) is 0 Å². The molecule has 3 nitrogen and oxygen atoms in total. The molecule has 0 fully saturated rings. The fourth-order valence-electron chi connectivity index (χ4n) is 2.03. The first-order valence-electron chi connectivity index (χ1n) is 4.68. The number of likely N-dealkylation sites (N-methyl/N-ethyl adjacent to an activating group) is 1. The van der Waals surface area contributed by atoms with E-state index in [1.54, 1.807) is 12.1 Å². The van der Waals surface area contributed by atoms with Crippen molar-refractivity contribution in [3.8, 4) is 0 Å². The molecule has 0 radical (unpaired) electrons. The molecule has 1 N–H and O–H groups in total. The van der Waals surface area contributed by atoms with Crippen molar-refractivity contribution in [2.24, 2.45) is 0 Å². The third-order valence-electron chi connectivity index (χ3n) is 2.77. The van der Waals surface area contributed by atoms with E-state index in [4.69, 9.17) is 5.11 Å². The Morgan fingerprint density at radius 2 is 2.29 bits per heavy atom. The number of anilines is 1. The van der Waals surface area contributed by atoms with E-state index >= 15 is 0 Å². The van der Waals surface area contributed by atoms with Crippen LogP contribution in [0.3, 0.4) is 0 Å². The number of nitrogens with zero attached hydrogens (tertiary/aromatic N) is 1. The summed E-state index contributed by atoms with van der Waals surface area (Å²) < 4.78 is 0. The summed E-state index contributed by atoms with van der Waals surface area (Å²) in [6, 6.07) is 5.35. The van der Waals surface area contributed by atoms with Crippen molar-refractivity contribution in [2.75, 3.05) is 18.5 Å². The summed E-state index contributed by atoms with van der Waals surface area (Å²) in [6.45, 7) is 3.13. The van der Waals surface area contributed by atoms with Gasteiger partial charge in [-0.15, -0.1) is 0 Å². The lowest BCUT2D eigenvalue weighted by Gasteiger charge is -2.11. The summed E-state index contributed by atoms with van der Waals surface area (Å²) in [7, 11) is 1.99. The Labute approximate surface area is 83.0 Å².